The molecule has 0 aliphatic heterocycles. The van der Waals surface area contributed by atoms with Gasteiger partial charge in [0.2, 0.25) is 5.91 Å². The molecule has 0 heterocycles. The van der Waals surface area contributed by atoms with Crippen LogP contribution in [0.15, 0.2) is 48.5 Å². The maximum atomic E-state index is 12.3. The van der Waals surface area contributed by atoms with E-state index in [0.717, 1.165) is 11.4 Å². The van der Waals surface area contributed by atoms with Gasteiger partial charge in [0.05, 0.1) is 13.2 Å². The second-order valence-corrected chi connectivity index (χ2v) is 7.76. The number of hydrogen-bond donors (Lipinski definition) is 3. The normalized spacial score (nSPS) is 10.9. The number of amides is 2. The Hall–Kier alpha value is -3.06. The van der Waals surface area contributed by atoms with Gasteiger partial charge in [-0.3, -0.25) is 9.59 Å². The van der Waals surface area contributed by atoms with Crippen molar-refractivity contribution in [1.29, 1.82) is 0 Å². The fraction of sp³-hybridized carbons (Fsp3) is 0.391. The molecular formula is C23H31N3O4. The Balaban J connectivity index is 1.82. The first kappa shape index (κ1) is 23.2. The molecule has 0 aliphatic rings. The second kappa shape index (κ2) is 11.2. The third-order valence-electron chi connectivity index (χ3n) is 3.90. The van der Waals surface area contributed by atoms with Crippen LogP contribution in [0, 0.1) is 0 Å². The average Bonchev–Trinajstić information content (AvgIpc) is 2.69. The van der Waals surface area contributed by atoms with Crippen LogP contribution in [-0.2, 0) is 9.53 Å². The highest BCUT2D eigenvalue weighted by atomic mass is 16.5. The Kier molecular flexibility index (Phi) is 8.68. The lowest BCUT2D eigenvalue weighted by Crippen LogP contribution is -2.40. The van der Waals surface area contributed by atoms with E-state index in [2.05, 4.69) is 16.0 Å². The number of rotatable bonds is 10. The summed E-state index contributed by atoms with van der Waals surface area (Å²) in [7, 11) is 0. The van der Waals surface area contributed by atoms with Crippen LogP contribution in [0.25, 0.3) is 0 Å². The lowest BCUT2D eigenvalue weighted by molar-refractivity contribution is -0.114. The summed E-state index contributed by atoms with van der Waals surface area (Å²) >= 11 is 0. The van der Waals surface area contributed by atoms with Crippen LogP contribution >= 0.6 is 0 Å². The molecule has 0 spiro atoms. The molecule has 3 N–H and O–H groups in total. The molecule has 30 heavy (non-hydrogen) atoms. The van der Waals surface area contributed by atoms with Crippen LogP contribution in [0.5, 0.6) is 5.75 Å². The van der Waals surface area contributed by atoms with E-state index in [0.29, 0.717) is 31.1 Å². The van der Waals surface area contributed by atoms with Crippen LogP contribution in [0.1, 0.15) is 38.1 Å². The van der Waals surface area contributed by atoms with E-state index in [1.807, 2.05) is 52.0 Å². The largest absolute Gasteiger partial charge is 0.491 e. The quantitative estimate of drug-likeness (QED) is 0.517. The zero-order valence-corrected chi connectivity index (χ0v) is 18.1. The van der Waals surface area contributed by atoms with E-state index in [1.54, 1.807) is 24.3 Å². The average molecular weight is 414 g/mol. The van der Waals surface area contributed by atoms with Crippen LogP contribution in [-0.4, -0.2) is 43.7 Å². The van der Waals surface area contributed by atoms with E-state index in [1.165, 1.54) is 0 Å². The Morgan fingerprint density at radius 1 is 0.967 bits per heavy atom. The molecular weight excluding hydrogens is 382 g/mol. The molecule has 0 saturated carbocycles. The molecule has 0 saturated heterocycles. The predicted octanol–water partition coefficient (Wildman–Crippen LogP) is 3.68. The minimum absolute atomic E-state index is 0.100. The Labute approximate surface area is 178 Å². The first-order valence-electron chi connectivity index (χ1n) is 10.0. The summed E-state index contributed by atoms with van der Waals surface area (Å²) in [6, 6.07) is 14.2. The highest BCUT2D eigenvalue weighted by Crippen LogP contribution is 2.16. The third kappa shape index (κ3) is 8.53. The fourth-order valence-electron chi connectivity index (χ4n) is 2.57. The number of carbonyl (C=O) groups excluding carboxylic acids is 2. The summed E-state index contributed by atoms with van der Waals surface area (Å²) in [6.45, 7) is 9.51. The van der Waals surface area contributed by atoms with Gasteiger partial charge in [0, 0.05) is 29.1 Å². The number of hydrogen-bond acceptors (Lipinski definition) is 5. The first-order chi connectivity index (χ1) is 14.3. The van der Waals surface area contributed by atoms with Crippen LogP contribution < -0.4 is 20.7 Å². The maximum Gasteiger partial charge on any atom is 0.251 e. The van der Waals surface area contributed by atoms with Crippen molar-refractivity contribution in [2.75, 3.05) is 37.0 Å². The van der Waals surface area contributed by atoms with Crippen molar-refractivity contribution in [2.45, 2.75) is 33.2 Å². The summed E-state index contributed by atoms with van der Waals surface area (Å²) in [5.74, 6) is 0.357. The molecule has 0 aromatic heterocycles. The number of ether oxygens (including phenoxy) is 2. The Morgan fingerprint density at radius 2 is 1.70 bits per heavy atom. The fourth-order valence-corrected chi connectivity index (χ4v) is 2.57. The molecule has 0 bridgehead atoms. The summed E-state index contributed by atoms with van der Waals surface area (Å²) in [5.41, 5.74) is 1.54. The molecule has 0 fully saturated rings. The van der Waals surface area contributed by atoms with Crippen molar-refractivity contribution in [3.05, 3.63) is 54.1 Å². The van der Waals surface area contributed by atoms with Gasteiger partial charge in [0.1, 0.15) is 12.4 Å². The highest BCUT2D eigenvalue weighted by molar-refractivity contribution is 5.98. The molecule has 0 radical (unpaired) electrons. The van der Waals surface area contributed by atoms with Crippen molar-refractivity contribution in [1.82, 2.24) is 5.32 Å². The highest BCUT2D eigenvalue weighted by Gasteiger charge is 2.15. The van der Waals surface area contributed by atoms with E-state index in [9.17, 15) is 9.59 Å². The predicted molar refractivity (Wildman–Crippen MR) is 119 cm³/mol. The van der Waals surface area contributed by atoms with Gasteiger partial charge in [-0.25, -0.2) is 0 Å². The van der Waals surface area contributed by atoms with Gasteiger partial charge in [-0.05, 0) is 70.2 Å². The molecule has 7 heteroatoms. The molecule has 162 valence electrons. The number of anilines is 2. The molecule has 2 amide bonds. The van der Waals surface area contributed by atoms with Crippen LogP contribution in [0.4, 0.5) is 11.4 Å². The zero-order valence-electron chi connectivity index (χ0n) is 18.1. The molecule has 0 atom stereocenters. The zero-order chi connectivity index (χ0) is 22.0. The molecule has 2 rings (SSSR count). The lowest BCUT2D eigenvalue weighted by Gasteiger charge is -2.20. The second-order valence-electron chi connectivity index (χ2n) is 7.76. The molecule has 0 unspecified atom stereocenters. The minimum atomic E-state index is -0.329. The van der Waals surface area contributed by atoms with E-state index in [4.69, 9.17) is 9.47 Å². The van der Waals surface area contributed by atoms with Gasteiger partial charge in [-0.15, -0.1) is 0 Å². The smallest absolute Gasteiger partial charge is 0.251 e. The summed E-state index contributed by atoms with van der Waals surface area (Å²) in [6.07, 6.45) is 0. The summed E-state index contributed by atoms with van der Waals surface area (Å²) < 4.78 is 10.8. The van der Waals surface area contributed by atoms with Gasteiger partial charge in [-0.2, -0.15) is 0 Å². The van der Waals surface area contributed by atoms with Gasteiger partial charge in [0.25, 0.3) is 5.91 Å². The molecule has 0 aliphatic carbocycles. The standard InChI is InChI=1S/C23H31N3O4/c1-5-29-13-14-30-20-11-9-18(10-12-20)24-16-21(27)25-19-8-6-7-17(15-19)22(28)26-23(2,3)4/h6-12,15,24H,5,13-14,16H2,1-4H3,(H,25,27)(H,26,28). The SMILES string of the molecule is CCOCCOc1ccc(NCC(=O)Nc2cccc(C(=O)NC(C)(C)C)c2)cc1. The summed E-state index contributed by atoms with van der Waals surface area (Å²) in [4.78, 5) is 24.5. The Bertz CT molecular complexity index is 829. The van der Waals surface area contributed by atoms with E-state index >= 15 is 0 Å². The van der Waals surface area contributed by atoms with Crippen molar-refractivity contribution in [3.8, 4) is 5.75 Å². The summed E-state index contributed by atoms with van der Waals surface area (Å²) in [5, 5.41) is 8.77. The van der Waals surface area contributed by atoms with Gasteiger partial charge < -0.3 is 25.4 Å². The maximum absolute atomic E-state index is 12.3. The molecule has 7 nitrogen and oxygen atoms in total. The first-order valence-corrected chi connectivity index (χ1v) is 10.0. The van der Waals surface area contributed by atoms with Crippen LogP contribution in [0.2, 0.25) is 0 Å². The lowest BCUT2D eigenvalue weighted by atomic mass is 10.1. The van der Waals surface area contributed by atoms with Gasteiger partial charge in [0.15, 0.2) is 0 Å². The Morgan fingerprint density at radius 3 is 2.37 bits per heavy atom. The van der Waals surface area contributed by atoms with Gasteiger partial charge >= 0.3 is 0 Å². The van der Waals surface area contributed by atoms with Crippen LogP contribution in [0.3, 0.4) is 0 Å². The number of benzene rings is 2. The van der Waals surface area contributed by atoms with Crippen molar-refractivity contribution in [3.63, 3.8) is 0 Å². The topological polar surface area (TPSA) is 88.7 Å². The van der Waals surface area contributed by atoms with E-state index < -0.39 is 0 Å². The number of carbonyl (C=O) groups is 2. The van der Waals surface area contributed by atoms with E-state index in [-0.39, 0.29) is 23.9 Å². The molecule has 2 aromatic rings. The molecule has 2 aromatic carbocycles. The monoisotopic (exact) mass is 413 g/mol. The van der Waals surface area contributed by atoms with Crippen molar-refractivity contribution < 1.29 is 19.1 Å². The van der Waals surface area contributed by atoms with Crippen molar-refractivity contribution in [2.24, 2.45) is 0 Å². The van der Waals surface area contributed by atoms with Crippen molar-refractivity contribution >= 4 is 23.2 Å². The number of nitrogens with one attached hydrogen (secondary N) is 3. The minimum Gasteiger partial charge on any atom is -0.491 e. The third-order valence-corrected chi connectivity index (χ3v) is 3.90. The van der Waals surface area contributed by atoms with Gasteiger partial charge in [-0.1, -0.05) is 6.07 Å².